The molecule has 29 heavy (non-hydrogen) atoms. The number of fused-ring (bicyclic) bond motifs is 1. The van der Waals surface area contributed by atoms with Crippen molar-refractivity contribution in [1.82, 2.24) is 4.98 Å². The van der Waals surface area contributed by atoms with Crippen LogP contribution in [-0.4, -0.2) is 29.3 Å². The van der Waals surface area contributed by atoms with E-state index in [4.69, 9.17) is 9.72 Å². The van der Waals surface area contributed by atoms with Gasteiger partial charge in [-0.1, -0.05) is 23.8 Å². The molecule has 0 saturated carbocycles. The van der Waals surface area contributed by atoms with Gasteiger partial charge in [0.1, 0.15) is 0 Å². The molecule has 1 aromatic heterocycles. The maximum absolute atomic E-state index is 11.6. The molecular formula is C24H26N2O3. The van der Waals surface area contributed by atoms with Crippen molar-refractivity contribution < 1.29 is 14.6 Å². The Hall–Kier alpha value is -2.92. The molecule has 2 N–H and O–H groups in total. The van der Waals surface area contributed by atoms with Gasteiger partial charge in [-0.25, -0.2) is 4.79 Å². The van der Waals surface area contributed by atoms with Crippen LogP contribution >= 0.6 is 0 Å². The third kappa shape index (κ3) is 4.10. The van der Waals surface area contributed by atoms with Gasteiger partial charge in [-0.15, -0.1) is 0 Å². The molecule has 5 nitrogen and oxygen atoms in total. The highest BCUT2D eigenvalue weighted by Gasteiger charge is 2.20. The summed E-state index contributed by atoms with van der Waals surface area (Å²) in [7, 11) is 0. The number of aromatic carboxylic acids is 1. The van der Waals surface area contributed by atoms with E-state index in [-0.39, 0.29) is 11.6 Å². The lowest BCUT2D eigenvalue weighted by atomic mass is 9.93. The van der Waals surface area contributed by atoms with Crippen LogP contribution in [0.25, 0.3) is 10.8 Å². The predicted molar refractivity (Wildman–Crippen MR) is 115 cm³/mol. The largest absolute Gasteiger partial charge is 0.478 e. The van der Waals surface area contributed by atoms with Crippen LogP contribution in [0.4, 0.5) is 5.69 Å². The van der Waals surface area contributed by atoms with Crippen molar-refractivity contribution in [3.05, 3.63) is 71.0 Å². The van der Waals surface area contributed by atoms with E-state index < -0.39 is 5.97 Å². The third-order valence-electron chi connectivity index (χ3n) is 5.61. The third-order valence-corrected chi connectivity index (χ3v) is 5.61. The summed E-state index contributed by atoms with van der Waals surface area (Å²) in [6.07, 6.45) is 4.11. The van der Waals surface area contributed by atoms with E-state index in [0.717, 1.165) is 53.6 Å². The number of carboxylic acid groups (broad SMARTS) is 1. The fourth-order valence-electron chi connectivity index (χ4n) is 4.12. The van der Waals surface area contributed by atoms with Crippen LogP contribution in [0.5, 0.6) is 0 Å². The van der Waals surface area contributed by atoms with E-state index in [9.17, 15) is 9.90 Å². The average Bonchev–Trinajstić information content (AvgIpc) is 2.73. The summed E-state index contributed by atoms with van der Waals surface area (Å²) in [4.78, 5) is 16.3. The Balaban J connectivity index is 1.72. The van der Waals surface area contributed by atoms with Gasteiger partial charge in [-0.05, 0) is 61.9 Å². The Morgan fingerprint density at radius 3 is 2.86 bits per heavy atom. The van der Waals surface area contributed by atoms with Gasteiger partial charge < -0.3 is 15.2 Å². The van der Waals surface area contributed by atoms with Crippen molar-refractivity contribution in [1.29, 1.82) is 0 Å². The molecule has 0 radical (unpaired) electrons. The second-order valence-electron chi connectivity index (χ2n) is 7.82. The van der Waals surface area contributed by atoms with Gasteiger partial charge in [0.2, 0.25) is 0 Å². The number of para-hydroxylation sites is 1. The smallest absolute Gasteiger partial charge is 0.337 e. The Morgan fingerprint density at radius 2 is 2.10 bits per heavy atom. The van der Waals surface area contributed by atoms with E-state index in [1.807, 2.05) is 18.3 Å². The van der Waals surface area contributed by atoms with Crippen molar-refractivity contribution in [3.63, 3.8) is 0 Å². The van der Waals surface area contributed by atoms with Crippen molar-refractivity contribution >= 4 is 22.4 Å². The van der Waals surface area contributed by atoms with Crippen molar-refractivity contribution in [2.75, 3.05) is 18.5 Å². The van der Waals surface area contributed by atoms with Crippen LogP contribution in [0, 0.1) is 6.92 Å². The highest BCUT2D eigenvalue weighted by Crippen LogP contribution is 2.32. The van der Waals surface area contributed by atoms with Crippen molar-refractivity contribution in [2.45, 2.75) is 38.6 Å². The minimum absolute atomic E-state index is 0.0595. The van der Waals surface area contributed by atoms with Crippen LogP contribution in [0.2, 0.25) is 0 Å². The van der Waals surface area contributed by atoms with Crippen LogP contribution in [0.1, 0.15) is 58.9 Å². The Kier molecular flexibility index (Phi) is 5.49. The van der Waals surface area contributed by atoms with Crippen molar-refractivity contribution in [3.8, 4) is 0 Å². The number of aryl methyl sites for hydroxylation is 1. The summed E-state index contributed by atoms with van der Waals surface area (Å²) >= 11 is 0. The summed E-state index contributed by atoms with van der Waals surface area (Å²) in [6.45, 7) is 5.69. The molecule has 0 spiro atoms. The fourth-order valence-corrected chi connectivity index (χ4v) is 4.12. The van der Waals surface area contributed by atoms with Crippen molar-refractivity contribution in [2.24, 2.45) is 0 Å². The van der Waals surface area contributed by atoms with Gasteiger partial charge in [0, 0.05) is 41.5 Å². The standard InChI is InChI=1S/C24H26N2O3/c1-15-10-18-13-25-23(17-6-5-9-29-14-17)12-21(18)20(11-15)16(2)26-22-8-4-3-7-19(22)24(27)28/h3-4,7-8,10-13,16-17,26H,5-6,9,14H2,1-2H3,(H,27,28)/t16-,17?/m1/s1. The number of carbonyl (C=O) groups is 1. The molecular weight excluding hydrogens is 364 g/mol. The number of rotatable bonds is 5. The molecule has 1 fully saturated rings. The van der Waals surface area contributed by atoms with Gasteiger partial charge in [0.15, 0.2) is 0 Å². The fraction of sp³-hybridized carbons (Fsp3) is 0.333. The van der Waals surface area contributed by atoms with E-state index in [0.29, 0.717) is 11.6 Å². The summed E-state index contributed by atoms with van der Waals surface area (Å²) in [5.41, 5.74) is 4.26. The average molecular weight is 390 g/mol. The second-order valence-corrected chi connectivity index (χ2v) is 7.82. The van der Waals surface area contributed by atoms with E-state index in [2.05, 4.69) is 37.4 Å². The molecule has 4 rings (SSSR count). The van der Waals surface area contributed by atoms with Crippen LogP contribution in [0.15, 0.2) is 48.7 Å². The predicted octanol–water partition coefficient (Wildman–Crippen LogP) is 5.31. The first-order valence-electron chi connectivity index (χ1n) is 10.1. The molecule has 5 heteroatoms. The molecule has 0 aliphatic carbocycles. The first kappa shape index (κ1) is 19.4. The lowest BCUT2D eigenvalue weighted by molar-refractivity contribution is 0.0698. The number of ether oxygens (including phenoxy) is 1. The minimum atomic E-state index is -0.932. The topological polar surface area (TPSA) is 71.5 Å². The van der Waals surface area contributed by atoms with Gasteiger partial charge in [0.25, 0.3) is 0 Å². The van der Waals surface area contributed by atoms with Gasteiger partial charge >= 0.3 is 5.97 Å². The number of benzene rings is 2. The Morgan fingerprint density at radius 1 is 1.28 bits per heavy atom. The zero-order valence-electron chi connectivity index (χ0n) is 16.8. The summed E-state index contributed by atoms with van der Waals surface area (Å²) in [5, 5.41) is 15.1. The van der Waals surface area contributed by atoms with Crippen LogP contribution < -0.4 is 5.32 Å². The molecule has 2 aromatic carbocycles. The number of nitrogens with zero attached hydrogens (tertiary/aromatic N) is 1. The first-order chi connectivity index (χ1) is 14.0. The molecule has 0 bridgehead atoms. The zero-order valence-corrected chi connectivity index (χ0v) is 16.8. The van der Waals surface area contributed by atoms with E-state index in [1.54, 1.807) is 12.1 Å². The molecule has 1 aliphatic heterocycles. The first-order valence-corrected chi connectivity index (χ1v) is 10.1. The molecule has 1 unspecified atom stereocenters. The highest BCUT2D eigenvalue weighted by molar-refractivity contribution is 5.94. The Bertz CT molecular complexity index is 1040. The van der Waals surface area contributed by atoms with Crippen LogP contribution in [0.3, 0.4) is 0 Å². The zero-order chi connectivity index (χ0) is 20.4. The summed E-state index contributed by atoms with van der Waals surface area (Å²) in [5.74, 6) is -0.600. The maximum Gasteiger partial charge on any atom is 0.337 e. The van der Waals surface area contributed by atoms with Gasteiger partial charge in [0.05, 0.1) is 12.2 Å². The lowest BCUT2D eigenvalue weighted by Crippen LogP contribution is -2.16. The number of nitrogens with one attached hydrogen (secondary N) is 1. The normalized spacial score (nSPS) is 17.8. The van der Waals surface area contributed by atoms with E-state index >= 15 is 0 Å². The molecule has 0 amide bonds. The maximum atomic E-state index is 11.6. The number of pyridine rings is 1. The van der Waals surface area contributed by atoms with Gasteiger partial charge in [-0.3, -0.25) is 4.98 Å². The lowest BCUT2D eigenvalue weighted by Gasteiger charge is -2.23. The Labute approximate surface area is 170 Å². The number of anilines is 1. The molecule has 150 valence electrons. The summed E-state index contributed by atoms with van der Waals surface area (Å²) < 4.78 is 5.65. The van der Waals surface area contributed by atoms with Gasteiger partial charge in [-0.2, -0.15) is 0 Å². The monoisotopic (exact) mass is 390 g/mol. The quantitative estimate of drug-likeness (QED) is 0.618. The van der Waals surface area contributed by atoms with Crippen LogP contribution in [-0.2, 0) is 4.74 Å². The molecule has 2 atom stereocenters. The number of hydrogen-bond acceptors (Lipinski definition) is 4. The number of carboxylic acids is 1. The highest BCUT2D eigenvalue weighted by atomic mass is 16.5. The minimum Gasteiger partial charge on any atom is -0.478 e. The second kappa shape index (κ2) is 8.21. The molecule has 2 heterocycles. The molecule has 1 saturated heterocycles. The molecule has 1 aliphatic rings. The number of aromatic nitrogens is 1. The summed E-state index contributed by atoms with van der Waals surface area (Å²) in [6, 6.07) is 13.5. The van der Waals surface area contributed by atoms with E-state index in [1.165, 1.54) is 0 Å². The number of hydrogen-bond donors (Lipinski definition) is 2. The SMILES string of the molecule is Cc1cc([C@@H](C)Nc2ccccc2C(=O)O)c2cc(C3CCCOC3)ncc2c1. The molecule has 3 aromatic rings.